The first-order valence-corrected chi connectivity index (χ1v) is 6.41. The van der Waals surface area contributed by atoms with Crippen molar-refractivity contribution in [3.05, 3.63) is 47.7 Å². The van der Waals surface area contributed by atoms with E-state index in [9.17, 15) is 5.11 Å². The van der Waals surface area contributed by atoms with E-state index in [4.69, 9.17) is 26.8 Å². The molecular weight excluding hydrogens is 280 g/mol. The number of benzene rings is 1. The summed E-state index contributed by atoms with van der Waals surface area (Å²) in [5.74, 6) is 1.11. The molecule has 0 aliphatic heterocycles. The monoisotopic (exact) mass is 294 g/mol. The van der Waals surface area contributed by atoms with Crippen molar-refractivity contribution in [3.8, 4) is 11.5 Å². The molecule has 0 saturated carbocycles. The summed E-state index contributed by atoms with van der Waals surface area (Å²) >= 11 is 5.77. The van der Waals surface area contributed by atoms with Crippen LogP contribution in [0.25, 0.3) is 0 Å². The van der Waals surface area contributed by atoms with E-state index in [-0.39, 0.29) is 13.2 Å². The molecule has 0 saturated heterocycles. The molecule has 20 heavy (non-hydrogen) atoms. The number of hydrogen-bond donors (Lipinski definition) is 2. The van der Waals surface area contributed by atoms with Gasteiger partial charge >= 0.3 is 0 Å². The molecule has 2 aromatic rings. The lowest BCUT2D eigenvalue weighted by atomic mass is 10.3. The van der Waals surface area contributed by atoms with Crippen molar-refractivity contribution in [2.45, 2.75) is 6.10 Å². The van der Waals surface area contributed by atoms with Crippen LogP contribution in [0.5, 0.6) is 11.5 Å². The number of anilines is 1. The first kappa shape index (κ1) is 14.4. The lowest BCUT2D eigenvalue weighted by Gasteiger charge is -2.13. The second kappa shape index (κ2) is 6.98. The van der Waals surface area contributed by atoms with Crippen LogP contribution in [0.4, 0.5) is 5.69 Å². The molecule has 0 fully saturated rings. The SMILES string of the molecule is Nc1cccc(OCC(O)COc2cncc(Cl)c2)c1. The van der Waals surface area contributed by atoms with E-state index in [0.717, 1.165) is 0 Å². The zero-order chi connectivity index (χ0) is 14.4. The summed E-state index contributed by atoms with van der Waals surface area (Å²) in [6.45, 7) is 0.196. The van der Waals surface area contributed by atoms with Gasteiger partial charge in [-0.15, -0.1) is 0 Å². The highest BCUT2D eigenvalue weighted by Crippen LogP contribution is 2.16. The van der Waals surface area contributed by atoms with Crippen LogP contribution in [0.1, 0.15) is 0 Å². The normalized spacial score (nSPS) is 11.9. The number of nitrogens with two attached hydrogens (primary N) is 1. The number of aliphatic hydroxyl groups excluding tert-OH is 1. The van der Waals surface area contributed by atoms with Gasteiger partial charge in [-0.2, -0.15) is 0 Å². The summed E-state index contributed by atoms with van der Waals surface area (Å²) in [6, 6.07) is 8.63. The van der Waals surface area contributed by atoms with Crippen molar-refractivity contribution in [2.75, 3.05) is 18.9 Å². The molecule has 1 aromatic heterocycles. The van der Waals surface area contributed by atoms with Crippen molar-refractivity contribution in [2.24, 2.45) is 0 Å². The minimum absolute atomic E-state index is 0.0876. The number of nitrogen functional groups attached to an aromatic ring is 1. The van der Waals surface area contributed by atoms with Crippen LogP contribution >= 0.6 is 11.6 Å². The first-order valence-electron chi connectivity index (χ1n) is 6.03. The lowest BCUT2D eigenvalue weighted by Crippen LogP contribution is -2.25. The number of halogens is 1. The molecule has 0 amide bonds. The van der Waals surface area contributed by atoms with Crippen molar-refractivity contribution < 1.29 is 14.6 Å². The van der Waals surface area contributed by atoms with Crippen molar-refractivity contribution in [3.63, 3.8) is 0 Å². The summed E-state index contributed by atoms with van der Waals surface area (Å²) in [6.07, 6.45) is 2.26. The van der Waals surface area contributed by atoms with Gasteiger partial charge in [0.05, 0.1) is 11.2 Å². The topological polar surface area (TPSA) is 77.6 Å². The second-order valence-electron chi connectivity index (χ2n) is 4.19. The van der Waals surface area contributed by atoms with Gasteiger partial charge in [-0.25, -0.2) is 0 Å². The number of ether oxygens (including phenoxy) is 2. The standard InChI is InChI=1S/C14H15ClN2O3/c15-10-4-14(7-17-6-10)20-9-12(18)8-19-13-3-1-2-11(16)5-13/h1-7,12,18H,8-9,16H2. The Labute approximate surface area is 121 Å². The highest BCUT2D eigenvalue weighted by Gasteiger charge is 2.07. The van der Waals surface area contributed by atoms with Gasteiger partial charge < -0.3 is 20.3 Å². The number of aliphatic hydroxyl groups is 1. The molecule has 5 nitrogen and oxygen atoms in total. The average Bonchev–Trinajstić information content (AvgIpc) is 2.43. The Morgan fingerprint density at radius 3 is 2.60 bits per heavy atom. The van der Waals surface area contributed by atoms with Crippen LogP contribution in [-0.4, -0.2) is 29.4 Å². The molecule has 6 heteroatoms. The molecule has 0 aliphatic rings. The van der Waals surface area contributed by atoms with E-state index in [2.05, 4.69) is 4.98 Å². The van der Waals surface area contributed by atoms with E-state index >= 15 is 0 Å². The number of aromatic nitrogens is 1. The molecule has 1 aromatic carbocycles. The van der Waals surface area contributed by atoms with Crippen molar-refractivity contribution >= 4 is 17.3 Å². The van der Waals surface area contributed by atoms with E-state index in [1.165, 1.54) is 12.4 Å². The van der Waals surface area contributed by atoms with Gasteiger partial charge in [-0.1, -0.05) is 17.7 Å². The minimum Gasteiger partial charge on any atom is -0.491 e. The highest BCUT2D eigenvalue weighted by molar-refractivity contribution is 6.30. The molecule has 106 valence electrons. The molecule has 1 heterocycles. The van der Waals surface area contributed by atoms with Crippen molar-refractivity contribution in [1.29, 1.82) is 0 Å². The third kappa shape index (κ3) is 4.60. The fourth-order valence-electron chi connectivity index (χ4n) is 1.51. The minimum atomic E-state index is -0.768. The van der Waals surface area contributed by atoms with Crippen LogP contribution in [-0.2, 0) is 0 Å². The zero-order valence-electron chi connectivity index (χ0n) is 10.7. The molecule has 0 radical (unpaired) electrons. The van der Waals surface area contributed by atoms with Crippen LogP contribution in [0, 0.1) is 0 Å². The van der Waals surface area contributed by atoms with E-state index in [1.54, 1.807) is 30.3 Å². The van der Waals surface area contributed by atoms with Crippen LogP contribution in [0.15, 0.2) is 42.7 Å². The predicted octanol–water partition coefficient (Wildman–Crippen LogP) is 2.14. The summed E-state index contributed by atoms with van der Waals surface area (Å²) in [7, 11) is 0. The van der Waals surface area contributed by atoms with Gasteiger partial charge in [0.15, 0.2) is 0 Å². The van der Waals surface area contributed by atoms with Gasteiger partial charge in [-0.3, -0.25) is 4.98 Å². The van der Waals surface area contributed by atoms with Crippen LogP contribution in [0.3, 0.4) is 0 Å². The number of pyridine rings is 1. The molecule has 0 spiro atoms. The molecule has 0 aliphatic carbocycles. The van der Waals surface area contributed by atoms with Gasteiger partial charge in [0, 0.05) is 24.0 Å². The van der Waals surface area contributed by atoms with Crippen molar-refractivity contribution in [1.82, 2.24) is 4.98 Å². The Hall–Kier alpha value is -1.98. The zero-order valence-corrected chi connectivity index (χ0v) is 11.5. The molecule has 2 rings (SSSR count). The molecule has 1 atom stereocenters. The quantitative estimate of drug-likeness (QED) is 0.798. The summed E-state index contributed by atoms with van der Waals surface area (Å²) in [4.78, 5) is 3.88. The number of rotatable bonds is 6. The van der Waals surface area contributed by atoms with Crippen LogP contribution in [0.2, 0.25) is 5.02 Å². The fraction of sp³-hybridized carbons (Fsp3) is 0.214. The molecule has 0 bridgehead atoms. The molecular formula is C14H15ClN2O3. The Bertz CT molecular complexity index is 516. The Morgan fingerprint density at radius 2 is 1.90 bits per heavy atom. The second-order valence-corrected chi connectivity index (χ2v) is 4.62. The maximum atomic E-state index is 9.78. The van der Waals surface area contributed by atoms with Gasteiger partial charge in [-0.05, 0) is 12.1 Å². The third-order valence-corrected chi connectivity index (χ3v) is 2.63. The third-order valence-electron chi connectivity index (χ3n) is 2.42. The summed E-state index contributed by atoms with van der Waals surface area (Å²) in [5, 5.41) is 10.3. The Balaban J connectivity index is 1.77. The van der Waals surface area contributed by atoms with Gasteiger partial charge in [0.1, 0.15) is 30.8 Å². The van der Waals surface area contributed by atoms with Gasteiger partial charge in [0.2, 0.25) is 0 Å². The maximum absolute atomic E-state index is 9.78. The highest BCUT2D eigenvalue weighted by atomic mass is 35.5. The summed E-state index contributed by atoms with van der Waals surface area (Å²) in [5.41, 5.74) is 6.24. The van der Waals surface area contributed by atoms with E-state index in [1.807, 2.05) is 0 Å². The largest absolute Gasteiger partial charge is 0.491 e. The fourth-order valence-corrected chi connectivity index (χ4v) is 1.67. The van der Waals surface area contributed by atoms with E-state index in [0.29, 0.717) is 22.2 Å². The Kier molecular flexibility index (Phi) is 5.03. The van der Waals surface area contributed by atoms with Crippen LogP contribution < -0.4 is 15.2 Å². The molecule has 1 unspecified atom stereocenters. The number of nitrogens with zero attached hydrogens (tertiary/aromatic N) is 1. The first-order chi connectivity index (χ1) is 9.63. The lowest BCUT2D eigenvalue weighted by molar-refractivity contribution is 0.0625. The Morgan fingerprint density at radius 1 is 1.15 bits per heavy atom. The van der Waals surface area contributed by atoms with E-state index < -0.39 is 6.10 Å². The maximum Gasteiger partial charge on any atom is 0.139 e. The van der Waals surface area contributed by atoms with Gasteiger partial charge in [0.25, 0.3) is 0 Å². The smallest absolute Gasteiger partial charge is 0.139 e. The average molecular weight is 295 g/mol. The predicted molar refractivity (Wildman–Crippen MR) is 77.1 cm³/mol. The molecule has 3 N–H and O–H groups in total. The number of hydrogen-bond acceptors (Lipinski definition) is 5. The summed E-state index contributed by atoms with van der Waals surface area (Å²) < 4.78 is 10.8.